The Kier molecular flexibility index (Phi) is 4.03. The quantitative estimate of drug-likeness (QED) is 0.760. The van der Waals surface area contributed by atoms with Crippen molar-refractivity contribution in [2.24, 2.45) is 0 Å². The molecule has 3 N–H and O–H groups in total. The molecule has 0 unspecified atom stereocenters. The van der Waals surface area contributed by atoms with Crippen LogP contribution in [0.1, 0.15) is 11.1 Å². The third kappa shape index (κ3) is 3.51. The number of hydrogen-bond acceptors (Lipinski definition) is 3. The zero-order chi connectivity index (χ0) is 14.7. The first-order chi connectivity index (χ1) is 10.2. The van der Waals surface area contributed by atoms with E-state index in [1.165, 1.54) is 11.1 Å². The van der Waals surface area contributed by atoms with Crippen LogP contribution >= 0.6 is 12.2 Å². The molecule has 0 saturated carbocycles. The number of nitrogens with one attached hydrogen (secondary N) is 3. The van der Waals surface area contributed by atoms with Crippen LogP contribution in [-0.4, -0.2) is 16.8 Å². The molecule has 0 aliphatic carbocycles. The third-order valence-corrected chi connectivity index (χ3v) is 3.61. The number of hydrazine groups is 1. The summed E-state index contributed by atoms with van der Waals surface area (Å²) < 4.78 is 0. The fraction of sp³-hybridized carbons (Fsp3) is 0.188. The molecule has 0 saturated heterocycles. The summed E-state index contributed by atoms with van der Waals surface area (Å²) in [6.07, 6.45) is 0. The van der Waals surface area contributed by atoms with Gasteiger partial charge in [-0.2, -0.15) is 5.01 Å². The van der Waals surface area contributed by atoms with Gasteiger partial charge in [-0.15, -0.1) is 0 Å². The van der Waals surface area contributed by atoms with Gasteiger partial charge in [0.05, 0.1) is 12.4 Å². The Labute approximate surface area is 130 Å². The normalized spacial score (nSPS) is 13.4. The molecule has 2 aromatic rings. The largest absolute Gasteiger partial charge is 0.348 e. The van der Waals surface area contributed by atoms with E-state index in [1.807, 2.05) is 18.2 Å². The number of para-hydroxylation sites is 1. The van der Waals surface area contributed by atoms with Crippen molar-refractivity contribution < 1.29 is 0 Å². The average molecular weight is 298 g/mol. The second kappa shape index (κ2) is 6.11. The summed E-state index contributed by atoms with van der Waals surface area (Å²) >= 11 is 5.32. The molecule has 0 radical (unpaired) electrons. The topological polar surface area (TPSA) is 39.3 Å². The van der Waals surface area contributed by atoms with E-state index in [9.17, 15) is 0 Å². The first kappa shape index (κ1) is 13.9. The monoisotopic (exact) mass is 298 g/mol. The van der Waals surface area contributed by atoms with Crippen molar-refractivity contribution in [1.82, 2.24) is 10.3 Å². The van der Waals surface area contributed by atoms with Gasteiger partial charge in [-0.25, -0.2) is 0 Å². The van der Waals surface area contributed by atoms with E-state index < -0.39 is 0 Å². The van der Waals surface area contributed by atoms with Crippen molar-refractivity contribution in [3.8, 4) is 0 Å². The number of benzene rings is 2. The van der Waals surface area contributed by atoms with Gasteiger partial charge in [-0.1, -0.05) is 30.3 Å². The number of rotatable bonds is 3. The van der Waals surface area contributed by atoms with Crippen molar-refractivity contribution in [3.05, 3.63) is 59.7 Å². The molecule has 108 valence electrons. The van der Waals surface area contributed by atoms with Crippen LogP contribution in [0.2, 0.25) is 0 Å². The van der Waals surface area contributed by atoms with Gasteiger partial charge in [0, 0.05) is 12.2 Å². The summed E-state index contributed by atoms with van der Waals surface area (Å²) in [7, 11) is 0. The van der Waals surface area contributed by atoms with Crippen LogP contribution in [0.15, 0.2) is 48.5 Å². The van der Waals surface area contributed by atoms with Gasteiger partial charge in [0.15, 0.2) is 5.11 Å². The Morgan fingerprint density at radius 1 is 1.24 bits per heavy atom. The van der Waals surface area contributed by atoms with Gasteiger partial charge in [0.25, 0.3) is 0 Å². The van der Waals surface area contributed by atoms with Crippen LogP contribution in [0, 0.1) is 6.92 Å². The molecule has 0 spiro atoms. The molecule has 2 aromatic carbocycles. The average Bonchev–Trinajstić information content (AvgIpc) is 2.88. The highest BCUT2D eigenvalue weighted by atomic mass is 32.1. The van der Waals surface area contributed by atoms with Crippen molar-refractivity contribution in [3.63, 3.8) is 0 Å². The van der Waals surface area contributed by atoms with E-state index >= 15 is 0 Å². The van der Waals surface area contributed by atoms with Crippen LogP contribution in [-0.2, 0) is 6.54 Å². The minimum Gasteiger partial charge on any atom is -0.348 e. The molecule has 1 aliphatic rings. The van der Waals surface area contributed by atoms with Crippen LogP contribution < -0.4 is 16.1 Å². The maximum atomic E-state index is 5.32. The minimum absolute atomic E-state index is 0.623. The van der Waals surface area contributed by atoms with Crippen LogP contribution in [0.5, 0.6) is 0 Å². The lowest BCUT2D eigenvalue weighted by Gasteiger charge is -2.18. The number of nitrogens with zero attached hydrogens (tertiary/aromatic N) is 1. The fourth-order valence-corrected chi connectivity index (χ4v) is 2.53. The van der Waals surface area contributed by atoms with Gasteiger partial charge in [-0.3, -0.25) is 0 Å². The number of aryl methyl sites for hydroxylation is 1. The zero-order valence-corrected chi connectivity index (χ0v) is 12.7. The lowest BCUT2D eigenvalue weighted by atomic mass is 10.2. The van der Waals surface area contributed by atoms with Crippen molar-refractivity contribution >= 4 is 28.7 Å². The lowest BCUT2D eigenvalue weighted by Crippen LogP contribution is -2.39. The van der Waals surface area contributed by atoms with Gasteiger partial charge < -0.3 is 16.1 Å². The minimum atomic E-state index is 0.623. The van der Waals surface area contributed by atoms with E-state index in [4.69, 9.17) is 12.2 Å². The molecule has 1 heterocycles. The van der Waals surface area contributed by atoms with E-state index in [1.54, 1.807) is 0 Å². The van der Waals surface area contributed by atoms with Crippen LogP contribution in [0.4, 0.5) is 11.4 Å². The molecule has 0 bridgehead atoms. The maximum absolute atomic E-state index is 5.32. The summed E-state index contributed by atoms with van der Waals surface area (Å²) in [5.74, 6) is 0. The van der Waals surface area contributed by atoms with E-state index in [0.29, 0.717) is 11.8 Å². The molecule has 21 heavy (non-hydrogen) atoms. The Morgan fingerprint density at radius 2 is 2.10 bits per heavy atom. The lowest BCUT2D eigenvalue weighted by molar-refractivity contribution is 0.337. The maximum Gasteiger partial charge on any atom is 0.171 e. The Hall–Kier alpha value is -2.11. The summed E-state index contributed by atoms with van der Waals surface area (Å²) in [6.45, 7) is 3.58. The number of hydrogen-bond donors (Lipinski definition) is 3. The Balaban J connectivity index is 1.49. The van der Waals surface area contributed by atoms with Crippen molar-refractivity contribution in [1.29, 1.82) is 0 Å². The van der Waals surface area contributed by atoms with Gasteiger partial charge in [0.2, 0.25) is 0 Å². The molecular formula is C16H18N4S. The summed E-state index contributed by atoms with van der Waals surface area (Å²) in [6, 6.07) is 16.5. The van der Waals surface area contributed by atoms with E-state index in [2.05, 4.69) is 58.3 Å². The molecule has 0 amide bonds. The smallest absolute Gasteiger partial charge is 0.171 e. The van der Waals surface area contributed by atoms with E-state index in [-0.39, 0.29) is 0 Å². The number of thiocarbonyl (C=S) groups is 1. The molecular weight excluding hydrogens is 280 g/mol. The van der Waals surface area contributed by atoms with Crippen LogP contribution in [0.25, 0.3) is 0 Å². The third-order valence-electron chi connectivity index (χ3n) is 3.36. The Morgan fingerprint density at radius 3 is 2.90 bits per heavy atom. The summed E-state index contributed by atoms with van der Waals surface area (Å²) in [4.78, 5) is 0. The van der Waals surface area contributed by atoms with Gasteiger partial charge >= 0.3 is 0 Å². The highest BCUT2D eigenvalue weighted by molar-refractivity contribution is 7.80. The number of anilines is 2. The van der Waals surface area contributed by atoms with Crippen molar-refractivity contribution in [2.75, 3.05) is 17.4 Å². The highest BCUT2D eigenvalue weighted by Crippen LogP contribution is 2.23. The first-order valence-electron chi connectivity index (χ1n) is 6.92. The molecule has 5 heteroatoms. The van der Waals surface area contributed by atoms with Crippen molar-refractivity contribution in [2.45, 2.75) is 13.5 Å². The Bertz CT molecular complexity index is 631. The molecule has 1 aliphatic heterocycles. The van der Waals surface area contributed by atoms with Crippen LogP contribution in [0.3, 0.4) is 0 Å². The first-order valence-corrected chi connectivity index (χ1v) is 7.32. The summed E-state index contributed by atoms with van der Waals surface area (Å²) in [5.41, 5.74) is 8.03. The predicted octanol–water partition coefficient (Wildman–Crippen LogP) is 3.08. The standard InChI is InChI=1S/C16H18N4S/c1-12-5-4-7-14(9-12)18-16(21)17-11-20-10-13-6-2-3-8-15(13)19-20/h2-9,19H,10-11H2,1H3,(H2,17,18,21). The van der Waals surface area contributed by atoms with Gasteiger partial charge in [0.1, 0.15) is 0 Å². The zero-order valence-electron chi connectivity index (χ0n) is 11.9. The second-order valence-electron chi connectivity index (χ2n) is 5.13. The fourth-order valence-electron chi connectivity index (χ4n) is 2.34. The number of fused-ring (bicyclic) bond motifs is 1. The predicted molar refractivity (Wildman–Crippen MR) is 91.0 cm³/mol. The van der Waals surface area contributed by atoms with Gasteiger partial charge in [-0.05, 0) is 48.5 Å². The summed E-state index contributed by atoms with van der Waals surface area (Å²) in [5, 5.41) is 9.12. The molecule has 4 nitrogen and oxygen atoms in total. The molecule has 0 atom stereocenters. The SMILES string of the molecule is Cc1cccc(NC(=S)NCN2Cc3ccccc3N2)c1. The molecule has 3 rings (SSSR count). The second-order valence-corrected chi connectivity index (χ2v) is 5.53. The highest BCUT2D eigenvalue weighted by Gasteiger charge is 2.16. The molecule has 0 fully saturated rings. The molecule has 0 aromatic heterocycles. The van der Waals surface area contributed by atoms with E-state index in [0.717, 1.165) is 17.9 Å².